The van der Waals surface area contributed by atoms with E-state index in [9.17, 15) is 0 Å². The van der Waals surface area contributed by atoms with Gasteiger partial charge in [0, 0.05) is 12.1 Å². The Bertz CT molecular complexity index is 193. The van der Waals surface area contributed by atoms with E-state index in [4.69, 9.17) is 0 Å². The van der Waals surface area contributed by atoms with E-state index in [1.165, 1.54) is 77.3 Å². The van der Waals surface area contributed by atoms with Gasteiger partial charge in [-0.05, 0) is 52.2 Å². The third-order valence-corrected chi connectivity index (χ3v) is 4.67. The molecule has 2 aliphatic rings. The molecule has 0 radical (unpaired) electrons. The fourth-order valence-electron chi connectivity index (χ4n) is 3.47. The van der Waals surface area contributed by atoms with E-state index in [0.29, 0.717) is 0 Å². The first-order valence-corrected chi connectivity index (χ1v) is 7.80. The van der Waals surface area contributed by atoms with Crippen LogP contribution in [0.15, 0.2) is 0 Å². The molecule has 0 bridgehead atoms. The van der Waals surface area contributed by atoms with E-state index in [-0.39, 0.29) is 0 Å². The third-order valence-electron chi connectivity index (χ3n) is 4.67. The average molecular weight is 238 g/mol. The van der Waals surface area contributed by atoms with E-state index >= 15 is 0 Å². The maximum Gasteiger partial charge on any atom is 0.00922 e. The lowest BCUT2D eigenvalue weighted by Crippen LogP contribution is -2.35. The molecule has 17 heavy (non-hydrogen) atoms. The summed E-state index contributed by atoms with van der Waals surface area (Å²) in [7, 11) is 2.32. The highest BCUT2D eigenvalue weighted by molar-refractivity contribution is 4.76. The molecule has 2 rings (SSSR count). The first-order valence-electron chi connectivity index (χ1n) is 7.80. The van der Waals surface area contributed by atoms with Crippen LogP contribution in [0.1, 0.15) is 64.2 Å². The first-order chi connectivity index (χ1) is 8.36. The summed E-state index contributed by atoms with van der Waals surface area (Å²) >= 11 is 0. The van der Waals surface area contributed by atoms with E-state index in [1.54, 1.807) is 0 Å². The normalized spacial score (nSPS) is 23.6. The molecule has 2 saturated carbocycles. The van der Waals surface area contributed by atoms with Gasteiger partial charge in [0.05, 0.1) is 0 Å². The molecule has 1 N–H and O–H groups in total. The quantitative estimate of drug-likeness (QED) is 0.715. The van der Waals surface area contributed by atoms with E-state index in [1.807, 2.05) is 0 Å². The van der Waals surface area contributed by atoms with Crippen molar-refractivity contribution in [1.29, 1.82) is 0 Å². The highest BCUT2D eigenvalue weighted by atomic mass is 15.1. The lowest BCUT2D eigenvalue weighted by atomic mass is 9.95. The van der Waals surface area contributed by atoms with Crippen molar-refractivity contribution >= 4 is 0 Å². The molecule has 0 aromatic heterocycles. The van der Waals surface area contributed by atoms with Crippen LogP contribution in [-0.4, -0.2) is 37.1 Å². The van der Waals surface area contributed by atoms with Gasteiger partial charge in [-0.1, -0.05) is 32.1 Å². The Hall–Kier alpha value is -0.0800. The molecule has 0 heterocycles. The van der Waals surface area contributed by atoms with Crippen LogP contribution in [-0.2, 0) is 0 Å². The molecular weight excluding hydrogens is 208 g/mol. The van der Waals surface area contributed by atoms with Gasteiger partial charge >= 0.3 is 0 Å². The summed E-state index contributed by atoms with van der Waals surface area (Å²) in [6.07, 6.45) is 14.3. The molecule has 0 saturated heterocycles. The van der Waals surface area contributed by atoms with Crippen LogP contribution in [0, 0.1) is 0 Å². The predicted octanol–water partition coefficient (Wildman–Crippen LogP) is 3.17. The van der Waals surface area contributed by atoms with Crippen LogP contribution in [0.2, 0.25) is 0 Å². The van der Waals surface area contributed by atoms with E-state index < -0.39 is 0 Å². The minimum atomic E-state index is 0.834. The Labute approximate surface area is 107 Å². The van der Waals surface area contributed by atoms with Crippen LogP contribution in [0.4, 0.5) is 0 Å². The second-order valence-corrected chi connectivity index (χ2v) is 6.06. The number of nitrogens with one attached hydrogen (secondary N) is 1. The van der Waals surface area contributed by atoms with Crippen LogP contribution < -0.4 is 5.32 Å². The lowest BCUT2D eigenvalue weighted by Gasteiger charge is -2.26. The lowest BCUT2D eigenvalue weighted by molar-refractivity contribution is 0.239. The molecule has 0 aromatic carbocycles. The average Bonchev–Trinajstić information content (AvgIpc) is 2.89. The molecule has 2 aliphatic carbocycles. The maximum absolute atomic E-state index is 3.74. The number of hydrogen-bond donors (Lipinski definition) is 1. The Morgan fingerprint density at radius 1 is 0.941 bits per heavy atom. The summed E-state index contributed by atoms with van der Waals surface area (Å²) in [5, 5.41) is 3.74. The van der Waals surface area contributed by atoms with Gasteiger partial charge < -0.3 is 10.2 Å². The SMILES string of the molecule is CN(CCCNC1CCCCC1)C1CCCC1. The second kappa shape index (κ2) is 7.38. The van der Waals surface area contributed by atoms with Crippen LogP contribution in [0.5, 0.6) is 0 Å². The monoisotopic (exact) mass is 238 g/mol. The molecule has 0 aliphatic heterocycles. The van der Waals surface area contributed by atoms with Gasteiger partial charge in [0.2, 0.25) is 0 Å². The molecule has 2 nitrogen and oxygen atoms in total. The topological polar surface area (TPSA) is 15.3 Å². The van der Waals surface area contributed by atoms with Gasteiger partial charge in [0.1, 0.15) is 0 Å². The number of rotatable bonds is 6. The fourth-order valence-corrected chi connectivity index (χ4v) is 3.47. The smallest absolute Gasteiger partial charge is 0.00922 e. The van der Waals surface area contributed by atoms with Crippen molar-refractivity contribution in [1.82, 2.24) is 10.2 Å². The first kappa shape index (κ1) is 13.4. The molecule has 0 aromatic rings. The van der Waals surface area contributed by atoms with Crippen LogP contribution in [0.25, 0.3) is 0 Å². The van der Waals surface area contributed by atoms with Crippen molar-refractivity contribution in [3.05, 3.63) is 0 Å². The van der Waals surface area contributed by atoms with Gasteiger partial charge in [-0.25, -0.2) is 0 Å². The zero-order chi connectivity index (χ0) is 11.9. The number of hydrogen-bond acceptors (Lipinski definition) is 2. The Kier molecular flexibility index (Phi) is 5.79. The van der Waals surface area contributed by atoms with Gasteiger partial charge in [-0.3, -0.25) is 0 Å². The standard InChI is InChI=1S/C15H30N2/c1-17(15-10-5-6-11-15)13-7-12-16-14-8-3-2-4-9-14/h14-16H,2-13H2,1H3. The van der Waals surface area contributed by atoms with Gasteiger partial charge in [0.25, 0.3) is 0 Å². The van der Waals surface area contributed by atoms with Crippen molar-refractivity contribution < 1.29 is 0 Å². The fraction of sp³-hybridized carbons (Fsp3) is 1.00. The summed E-state index contributed by atoms with van der Waals surface area (Å²) in [6.45, 7) is 2.51. The summed E-state index contributed by atoms with van der Waals surface area (Å²) in [5.41, 5.74) is 0. The molecule has 2 heteroatoms. The Balaban J connectivity index is 1.50. The van der Waals surface area contributed by atoms with Crippen molar-refractivity contribution in [3.8, 4) is 0 Å². The number of nitrogens with zero attached hydrogens (tertiary/aromatic N) is 1. The van der Waals surface area contributed by atoms with E-state index in [0.717, 1.165) is 12.1 Å². The highest BCUT2D eigenvalue weighted by Crippen LogP contribution is 2.22. The zero-order valence-corrected chi connectivity index (χ0v) is 11.6. The molecular formula is C15H30N2. The Morgan fingerprint density at radius 2 is 1.59 bits per heavy atom. The van der Waals surface area contributed by atoms with E-state index in [2.05, 4.69) is 17.3 Å². The van der Waals surface area contributed by atoms with Crippen molar-refractivity contribution in [2.24, 2.45) is 0 Å². The van der Waals surface area contributed by atoms with Crippen molar-refractivity contribution in [2.45, 2.75) is 76.3 Å². The summed E-state index contributed by atoms with van der Waals surface area (Å²) in [6, 6.07) is 1.73. The van der Waals surface area contributed by atoms with Crippen LogP contribution >= 0.6 is 0 Å². The molecule has 100 valence electrons. The maximum atomic E-state index is 3.74. The molecule has 0 amide bonds. The summed E-state index contributed by atoms with van der Waals surface area (Å²) < 4.78 is 0. The largest absolute Gasteiger partial charge is 0.314 e. The highest BCUT2D eigenvalue weighted by Gasteiger charge is 2.19. The summed E-state index contributed by atoms with van der Waals surface area (Å²) in [4.78, 5) is 2.59. The summed E-state index contributed by atoms with van der Waals surface area (Å²) in [5.74, 6) is 0. The van der Waals surface area contributed by atoms with Crippen molar-refractivity contribution in [3.63, 3.8) is 0 Å². The minimum absolute atomic E-state index is 0.834. The minimum Gasteiger partial charge on any atom is -0.314 e. The molecule has 0 atom stereocenters. The van der Waals surface area contributed by atoms with Crippen molar-refractivity contribution in [2.75, 3.05) is 20.1 Å². The van der Waals surface area contributed by atoms with Gasteiger partial charge in [-0.15, -0.1) is 0 Å². The van der Waals surface area contributed by atoms with Crippen LogP contribution in [0.3, 0.4) is 0 Å². The molecule has 0 spiro atoms. The zero-order valence-electron chi connectivity index (χ0n) is 11.6. The molecule has 0 unspecified atom stereocenters. The second-order valence-electron chi connectivity index (χ2n) is 6.06. The van der Waals surface area contributed by atoms with Gasteiger partial charge in [-0.2, -0.15) is 0 Å². The Morgan fingerprint density at radius 3 is 2.29 bits per heavy atom. The van der Waals surface area contributed by atoms with Gasteiger partial charge in [0.15, 0.2) is 0 Å². The molecule has 2 fully saturated rings. The predicted molar refractivity (Wildman–Crippen MR) is 74.4 cm³/mol. The third kappa shape index (κ3) is 4.59.